The molecule has 29 heavy (non-hydrogen) atoms. The van der Waals surface area contributed by atoms with Crippen molar-refractivity contribution in [3.8, 4) is 0 Å². The number of amides is 1. The number of benzene rings is 1. The number of hydrogen-bond donors (Lipinski definition) is 1. The largest absolute Gasteiger partial charge is 0.354 e. The summed E-state index contributed by atoms with van der Waals surface area (Å²) in [5, 5.41) is 9.44. The van der Waals surface area contributed by atoms with Gasteiger partial charge in [-0.25, -0.2) is 13.9 Å². The van der Waals surface area contributed by atoms with Crippen LogP contribution in [0.4, 0.5) is 4.39 Å². The lowest BCUT2D eigenvalue weighted by Crippen LogP contribution is -2.38. The van der Waals surface area contributed by atoms with Gasteiger partial charge in [0.2, 0.25) is 5.91 Å². The number of rotatable bonds is 6. The van der Waals surface area contributed by atoms with Gasteiger partial charge in [-0.2, -0.15) is 5.10 Å². The van der Waals surface area contributed by atoms with Crippen LogP contribution in [0, 0.1) is 5.82 Å². The zero-order valence-corrected chi connectivity index (χ0v) is 16.8. The van der Waals surface area contributed by atoms with Crippen molar-refractivity contribution in [2.75, 3.05) is 6.54 Å². The molecule has 152 valence electrons. The van der Waals surface area contributed by atoms with Crippen LogP contribution < -0.4 is 11.0 Å². The predicted molar refractivity (Wildman–Crippen MR) is 110 cm³/mol. The summed E-state index contributed by atoms with van der Waals surface area (Å²) < 4.78 is 16.3. The maximum atomic E-state index is 13.5. The molecule has 4 rings (SSSR count). The molecule has 0 spiro atoms. The molecule has 1 aliphatic heterocycles. The molecule has 1 atom stereocenters. The van der Waals surface area contributed by atoms with Gasteiger partial charge in [-0.05, 0) is 48.4 Å². The molecule has 8 heteroatoms. The molecule has 3 aromatic rings. The van der Waals surface area contributed by atoms with Crippen molar-refractivity contribution >= 4 is 17.2 Å². The Morgan fingerprint density at radius 1 is 1.28 bits per heavy atom. The van der Waals surface area contributed by atoms with Gasteiger partial charge in [0.1, 0.15) is 17.7 Å². The van der Waals surface area contributed by atoms with Gasteiger partial charge in [-0.3, -0.25) is 9.36 Å². The summed E-state index contributed by atoms with van der Waals surface area (Å²) in [5.41, 5.74) is 0.349. The van der Waals surface area contributed by atoms with Crippen LogP contribution in [-0.4, -0.2) is 26.8 Å². The molecular formula is C21H23FN4O2S. The van der Waals surface area contributed by atoms with E-state index in [-0.39, 0.29) is 24.0 Å². The summed E-state index contributed by atoms with van der Waals surface area (Å²) in [4.78, 5) is 27.1. The highest BCUT2D eigenvalue weighted by Crippen LogP contribution is 2.22. The van der Waals surface area contributed by atoms with Crippen LogP contribution in [0.15, 0.2) is 46.6 Å². The molecule has 0 saturated carbocycles. The van der Waals surface area contributed by atoms with Crippen molar-refractivity contribution in [2.45, 2.75) is 44.7 Å². The number of halogens is 1. The number of thiophene rings is 1. The first-order valence-corrected chi connectivity index (χ1v) is 10.7. The first-order valence-electron chi connectivity index (χ1n) is 9.84. The van der Waals surface area contributed by atoms with E-state index in [1.807, 2.05) is 17.5 Å². The smallest absolute Gasteiger partial charge is 0.346 e. The third-order valence-corrected chi connectivity index (χ3v) is 6.09. The van der Waals surface area contributed by atoms with E-state index in [2.05, 4.69) is 10.4 Å². The average Bonchev–Trinajstić information content (AvgIpc) is 3.25. The highest BCUT2D eigenvalue weighted by Gasteiger charge is 2.29. The summed E-state index contributed by atoms with van der Waals surface area (Å²) in [6, 6.07) is 9.62. The Bertz CT molecular complexity index is 1040. The Morgan fingerprint density at radius 2 is 2.17 bits per heavy atom. The molecule has 0 radical (unpaired) electrons. The molecule has 1 amide bonds. The minimum absolute atomic E-state index is 0.142. The second-order valence-corrected chi connectivity index (χ2v) is 8.27. The lowest BCUT2D eigenvalue weighted by atomic mass is 10.1. The van der Waals surface area contributed by atoms with E-state index in [0.717, 1.165) is 19.3 Å². The maximum Gasteiger partial charge on any atom is 0.346 e. The molecule has 0 aliphatic carbocycles. The van der Waals surface area contributed by atoms with E-state index < -0.39 is 6.04 Å². The summed E-state index contributed by atoms with van der Waals surface area (Å²) >= 11 is 1.66. The van der Waals surface area contributed by atoms with Gasteiger partial charge in [0.25, 0.3) is 0 Å². The van der Waals surface area contributed by atoms with Crippen molar-refractivity contribution in [1.82, 2.24) is 19.7 Å². The number of hydrogen-bond acceptors (Lipinski definition) is 4. The van der Waals surface area contributed by atoms with Crippen LogP contribution >= 0.6 is 11.3 Å². The second kappa shape index (κ2) is 8.73. The fraction of sp³-hybridized carbons (Fsp3) is 0.381. The lowest BCUT2D eigenvalue weighted by Gasteiger charge is -2.16. The van der Waals surface area contributed by atoms with Crippen LogP contribution in [-0.2, 0) is 24.2 Å². The average molecular weight is 415 g/mol. The van der Waals surface area contributed by atoms with E-state index in [9.17, 15) is 14.0 Å². The number of carbonyl (C=O) groups is 1. The Balaban J connectivity index is 1.52. The van der Waals surface area contributed by atoms with Crippen molar-refractivity contribution in [1.29, 1.82) is 0 Å². The Morgan fingerprint density at radius 3 is 2.97 bits per heavy atom. The molecule has 3 heterocycles. The zero-order chi connectivity index (χ0) is 20.2. The summed E-state index contributed by atoms with van der Waals surface area (Å²) in [7, 11) is 0. The number of nitrogens with one attached hydrogen (secondary N) is 1. The number of fused-ring (bicyclic) bond motifs is 1. The quantitative estimate of drug-likeness (QED) is 0.674. The monoisotopic (exact) mass is 414 g/mol. The van der Waals surface area contributed by atoms with Gasteiger partial charge in [-0.15, -0.1) is 11.3 Å². The molecule has 0 fully saturated rings. The van der Waals surface area contributed by atoms with Crippen LogP contribution in [0.1, 0.15) is 41.6 Å². The highest BCUT2D eigenvalue weighted by molar-refractivity contribution is 7.09. The third-order valence-electron chi connectivity index (χ3n) is 5.16. The molecule has 0 saturated heterocycles. The van der Waals surface area contributed by atoms with Crippen LogP contribution in [0.25, 0.3) is 0 Å². The van der Waals surface area contributed by atoms with Crippen molar-refractivity contribution in [2.24, 2.45) is 0 Å². The van der Waals surface area contributed by atoms with Crippen LogP contribution in [0.3, 0.4) is 0 Å². The summed E-state index contributed by atoms with van der Waals surface area (Å²) in [5.74, 6) is 0.138. The first kappa shape index (κ1) is 19.6. The van der Waals surface area contributed by atoms with Crippen molar-refractivity contribution < 1.29 is 9.18 Å². The molecule has 1 aliphatic rings. The number of aromatic nitrogens is 3. The van der Waals surface area contributed by atoms with Crippen molar-refractivity contribution in [3.05, 3.63) is 74.3 Å². The minimum atomic E-state index is -0.551. The topological polar surface area (TPSA) is 68.9 Å². The van der Waals surface area contributed by atoms with Gasteiger partial charge in [0.05, 0.1) is 6.54 Å². The highest BCUT2D eigenvalue weighted by atomic mass is 32.1. The molecule has 1 N–H and O–H groups in total. The first-order chi connectivity index (χ1) is 14.1. The van der Waals surface area contributed by atoms with Gasteiger partial charge in [-0.1, -0.05) is 24.6 Å². The standard InChI is InChI=1S/C21H23FN4O2S/c22-16-6-3-5-15(13-16)14-25-21(28)26-18(8-1-2-9-19(26)24-25)20(27)23-11-10-17-7-4-12-29-17/h3-7,12-13,18H,1-2,8-11,14H2,(H,23,27). The molecule has 1 unspecified atom stereocenters. The molecular weight excluding hydrogens is 391 g/mol. The van der Waals surface area contributed by atoms with E-state index in [1.165, 1.54) is 26.3 Å². The van der Waals surface area contributed by atoms with E-state index in [4.69, 9.17) is 0 Å². The molecule has 2 aromatic heterocycles. The second-order valence-electron chi connectivity index (χ2n) is 7.24. The summed E-state index contributed by atoms with van der Waals surface area (Å²) in [6.07, 6.45) is 3.80. The van der Waals surface area contributed by atoms with Crippen LogP contribution in [0.5, 0.6) is 0 Å². The Kier molecular flexibility index (Phi) is 5.89. The lowest BCUT2D eigenvalue weighted by molar-refractivity contribution is -0.124. The molecule has 0 bridgehead atoms. The van der Waals surface area contributed by atoms with Crippen molar-refractivity contribution in [3.63, 3.8) is 0 Å². The minimum Gasteiger partial charge on any atom is -0.354 e. The van der Waals surface area contributed by atoms with Crippen LogP contribution in [0.2, 0.25) is 0 Å². The fourth-order valence-electron chi connectivity index (χ4n) is 3.74. The third kappa shape index (κ3) is 4.48. The summed E-state index contributed by atoms with van der Waals surface area (Å²) in [6.45, 7) is 0.723. The molecule has 1 aromatic carbocycles. The van der Waals surface area contributed by atoms with E-state index in [0.29, 0.717) is 30.8 Å². The number of nitrogens with zero attached hydrogens (tertiary/aromatic N) is 3. The van der Waals surface area contributed by atoms with Gasteiger partial charge >= 0.3 is 5.69 Å². The zero-order valence-electron chi connectivity index (χ0n) is 16.0. The van der Waals surface area contributed by atoms with Gasteiger partial charge in [0, 0.05) is 17.8 Å². The Labute approximate surface area is 172 Å². The normalized spacial score (nSPS) is 16.2. The predicted octanol–water partition coefficient (Wildman–Crippen LogP) is 2.92. The SMILES string of the molecule is O=C(NCCc1cccs1)C1CCCCc2nn(Cc3cccc(F)c3)c(=O)n21. The maximum absolute atomic E-state index is 13.5. The number of carbonyl (C=O) groups excluding carboxylic acids is 1. The Hall–Kier alpha value is -2.74. The number of aryl methyl sites for hydroxylation is 1. The van der Waals surface area contributed by atoms with E-state index >= 15 is 0 Å². The fourth-order valence-corrected chi connectivity index (χ4v) is 4.45. The molecule has 6 nitrogen and oxygen atoms in total. The van der Waals surface area contributed by atoms with Gasteiger partial charge in [0.15, 0.2) is 0 Å². The van der Waals surface area contributed by atoms with E-state index in [1.54, 1.807) is 23.5 Å². The van der Waals surface area contributed by atoms with Gasteiger partial charge < -0.3 is 5.32 Å².